The van der Waals surface area contributed by atoms with Crippen LogP contribution in [0, 0.1) is 5.82 Å². The second kappa shape index (κ2) is 11.0. The maximum Gasteiger partial charge on any atom is 0.255 e. The molecular weight excluding hydrogens is 369 g/mol. The van der Waals surface area contributed by atoms with E-state index < -0.39 is 0 Å². The fourth-order valence-corrected chi connectivity index (χ4v) is 2.76. The molecule has 0 aliphatic heterocycles. The quantitative estimate of drug-likeness (QED) is 0.506. The molecule has 0 spiro atoms. The van der Waals surface area contributed by atoms with Crippen molar-refractivity contribution >= 4 is 5.91 Å². The summed E-state index contributed by atoms with van der Waals surface area (Å²) in [4.78, 5) is 12.5. The topological polar surface area (TPSA) is 47.6 Å². The van der Waals surface area contributed by atoms with Crippen LogP contribution >= 0.6 is 0 Å². The van der Waals surface area contributed by atoms with E-state index in [0.29, 0.717) is 31.1 Å². The summed E-state index contributed by atoms with van der Waals surface area (Å²) in [5, 5.41) is 2.90. The first-order chi connectivity index (χ1) is 14.2. The van der Waals surface area contributed by atoms with Gasteiger partial charge >= 0.3 is 0 Å². The Hall–Kier alpha value is -3.18. The van der Waals surface area contributed by atoms with E-state index in [2.05, 4.69) is 5.32 Å². The zero-order valence-corrected chi connectivity index (χ0v) is 16.1. The molecule has 5 heteroatoms. The largest absolute Gasteiger partial charge is 0.488 e. The summed E-state index contributed by atoms with van der Waals surface area (Å²) < 4.78 is 24.4. The van der Waals surface area contributed by atoms with Crippen molar-refractivity contribution in [2.75, 3.05) is 13.2 Å². The fraction of sp³-hybridized carbons (Fsp3) is 0.208. The molecule has 0 bridgehead atoms. The molecule has 1 N–H and O–H groups in total. The number of ether oxygens (including phenoxy) is 2. The summed E-state index contributed by atoms with van der Waals surface area (Å²) >= 11 is 0. The molecule has 1 amide bonds. The van der Waals surface area contributed by atoms with Gasteiger partial charge < -0.3 is 14.8 Å². The Morgan fingerprint density at radius 2 is 1.52 bits per heavy atom. The number of benzene rings is 3. The molecule has 0 radical (unpaired) electrons. The molecule has 0 aromatic heterocycles. The van der Waals surface area contributed by atoms with Crippen molar-refractivity contribution < 1.29 is 18.7 Å². The van der Waals surface area contributed by atoms with Crippen molar-refractivity contribution in [3.8, 4) is 5.75 Å². The van der Waals surface area contributed by atoms with Crippen LogP contribution in [0.4, 0.5) is 4.39 Å². The van der Waals surface area contributed by atoms with Crippen LogP contribution in [-0.2, 0) is 18.0 Å². The molecular formula is C24H24FNO3. The van der Waals surface area contributed by atoms with E-state index in [4.69, 9.17) is 9.47 Å². The van der Waals surface area contributed by atoms with Gasteiger partial charge in [-0.1, -0.05) is 54.6 Å². The van der Waals surface area contributed by atoms with Crippen molar-refractivity contribution in [3.63, 3.8) is 0 Å². The van der Waals surface area contributed by atoms with Gasteiger partial charge in [0, 0.05) is 13.2 Å². The summed E-state index contributed by atoms with van der Waals surface area (Å²) in [5.74, 6) is 0.0127. The molecule has 3 aromatic carbocycles. The summed E-state index contributed by atoms with van der Waals surface area (Å²) in [6, 6.07) is 23.1. The first-order valence-electron chi connectivity index (χ1n) is 9.58. The van der Waals surface area contributed by atoms with Gasteiger partial charge in [-0.05, 0) is 41.8 Å². The molecule has 0 saturated heterocycles. The van der Waals surface area contributed by atoms with E-state index in [0.717, 1.165) is 17.5 Å². The van der Waals surface area contributed by atoms with Crippen LogP contribution in [-0.4, -0.2) is 19.1 Å². The Kier molecular flexibility index (Phi) is 7.78. The Morgan fingerprint density at radius 3 is 2.31 bits per heavy atom. The third-order valence-corrected chi connectivity index (χ3v) is 4.30. The van der Waals surface area contributed by atoms with E-state index in [1.807, 2.05) is 36.4 Å². The Bertz CT molecular complexity index is 898. The van der Waals surface area contributed by atoms with Gasteiger partial charge in [-0.2, -0.15) is 0 Å². The molecule has 0 saturated carbocycles. The van der Waals surface area contributed by atoms with Crippen LogP contribution in [0.25, 0.3) is 0 Å². The predicted molar refractivity (Wildman–Crippen MR) is 110 cm³/mol. The van der Waals surface area contributed by atoms with Crippen molar-refractivity contribution in [3.05, 3.63) is 101 Å². The lowest BCUT2D eigenvalue weighted by molar-refractivity contribution is 0.0930. The highest BCUT2D eigenvalue weighted by Gasteiger charge is 2.11. The second-order valence-corrected chi connectivity index (χ2v) is 6.56. The molecule has 29 heavy (non-hydrogen) atoms. The molecule has 3 rings (SSSR count). The molecule has 0 unspecified atom stereocenters. The zero-order chi connectivity index (χ0) is 20.3. The highest BCUT2D eigenvalue weighted by atomic mass is 19.1. The minimum atomic E-state index is -0.290. The molecule has 3 aromatic rings. The lowest BCUT2D eigenvalue weighted by Crippen LogP contribution is -2.25. The van der Waals surface area contributed by atoms with E-state index in [1.54, 1.807) is 30.3 Å². The van der Waals surface area contributed by atoms with Gasteiger partial charge in [0.1, 0.15) is 18.2 Å². The smallest absolute Gasteiger partial charge is 0.255 e. The van der Waals surface area contributed by atoms with E-state index >= 15 is 0 Å². The Morgan fingerprint density at radius 1 is 0.828 bits per heavy atom. The number of carbonyl (C=O) groups excluding carboxylic acids is 1. The minimum Gasteiger partial charge on any atom is -0.488 e. The monoisotopic (exact) mass is 393 g/mol. The van der Waals surface area contributed by atoms with Crippen LogP contribution < -0.4 is 10.1 Å². The van der Waals surface area contributed by atoms with Gasteiger partial charge in [-0.25, -0.2) is 4.39 Å². The Labute approximate surface area is 170 Å². The van der Waals surface area contributed by atoms with Gasteiger partial charge in [0.05, 0.1) is 12.2 Å². The molecule has 0 aliphatic rings. The van der Waals surface area contributed by atoms with Crippen molar-refractivity contribution in [2.45, 2.75) is 19.6 Å². The number of halogens is 1. The van der Waals surface area contributed by atoms with Gasteiger partial charge in [-0.15, -0.1) is 0 Å². The average Bonchev–Trinajstić information content (AvgIpc) is 2.76. The number of para-hydroxylation sites is 1. The number of nitrogens with one attached hydrogen (secondary N) is 1. The highest BCUT2D eigenvalue weighted by molar-refractivity contribution is 5.96. The minimum absolute atomic E-state index is 0.192. The van der Waals surface area contributed by atoms with Gasteiger partial charge in [0.15, 0.2) is 0 Å². The predicted octanol–water partition coefficient (Wildman–Crippen LogP) is 4.74. The SMILES string of the molecule is O=C(NCCCOCc1ccccc1)c1ccccc1OCc1ccc(F)cc1. The Balaban J connectivity index is 1.42. The van der Waals surface area contributed by atoms with Crippen LogP contribution in [0.2, 0.25) is 0 Å². The molecule has 0 atom stereocenters. The number of carbonyl (C=O) groups is 1. The number of rotatable bonds is 10. The van der Waals surface area contributed by atoms with Crippen molar-refractivity contribution in [1.82, 2.24) is 5.32 Å². The van der Waals surface area contributed by atoms with Crippen LogP contribution in [0.5, 0.6) is 5.75 Å². The summed E-state index contributed by atoms with van der Waals surface area (Å²) in [5.41, 5.74) is 2.43. The molecule has 0 heterocycles. The molecule has 4 nitrogen and oxygen atoms in total. The fourth-order valence-electron chi connectivity index (χ4n) is 2.76. The van der Waals surface area contributed by atoms with Gasteiger partial charge in [-0.3, -0.25) is 4.79 Å². The molecule has 0 fully saturated rings. The number of hydrogen-bond acceptors (Lipinski definition) is 3. The van der Waals surface area contributed by atoms with Gasteiger partial charge in [0.25, 0.3) is 5.91 Å². The van der Waals surface area contributed by atoms with Crippen LogP contribution in [0.1, 0.15) is 27.9 Å². The normalized spacial score (nSPS) is 10.5. The summed E-state index contributed by atoms with van der Waals surface area (Å²) in [7, 11) is 0. The van der Waals surface area contributed by atoms with Crippen molar-refractivity contribution in [1.29, 1.82) is 0 Å². The van der Waals surface area contributed by atoms with Crippen LogP contribution in [0.3, 0.4) is 0 Å². The average molecular weight is 393 g/mol. The second-order valence-electron chi connectivity index (χ2n) is 6.56. The zero-order valence-electron chi connectivity index (χ0n) is 16.1. The summed E-state index contributed by atoms with van der Waals surface area (Å²) in [6.45, 7) is 1.91. The van der Waals surface area contributed by atoms with E-state index in [1.165, 1.54) is 12.1 Å². The lowest BCUT2D eigenvalue weighted by Gasteiger charge is -2.12. The van der Waals surface area contributed by atoms with Crippen molar-refractivity contribution in [2.24, 2.45) is 0 Å². The third kappa shape index (κ3) is 6.73. The van der Waals surface area contributed by atoms with Crippen LogP contribution in [0.15, 0.2) is 78.9 Å². The van der Waals surface area contributed by atoms with E-state index in [9.17, 15) is 9.18 Å². The number of amides is 1. The number of hydrogen-bond donors (Lipinski definition) is 1. The third-order valence-electron chi connectivity index (χ3n) is 4.30. The van der Waals surface area contributed by atoms with E-state index in [-0.39, 0.29) is 18.3 Å². The summed E-state index contributed by atoms with van der Waals surface area (Å²) in [6.07, 6.45) is 0.719. The lowest BCUT2D eigenvalue weighted by atomic mass is 10.2. The molecule has 0 aliphatic carbocycles. The maximum atomic E-state index is 13.0. The first kappa shape index (κ1) is 20.6. The first-order valence-corrected chi connectivity index (χ1v) is 9.58. The standard InChI is InChI=1S/C24H24FNO3/c25-21-13-11-20(12-14-21)18-29-23-10-5-4-9-22(23)24(27)26-15-6-16-28-17-19-7-2-1-3-8-19/h1-5,7-14H,6,15-18H2,(H,26,27). The maximum absolute atomic E-state index is 13.0. The molecule has 150 valence electrons. The van der Waals surface area contributed by atoms with Gasteiger partial charge in [0.2, 0.25) is 0 Å². The highest BCUT2D eigenvalue weighted by Crippen LogP contribution is 2.19.